The van der Waals surface area contributed by atoms with Gasteiger partial charge in [0, 0.05) is 47.4 Å². The van der Waals surface area contributed by atoms with Crippen molar-refractivity contribution in [2.75, 3.05) is 0 Å². The summed E-state index contributed by atoms with van der Waals surface area (Å²) in [6, 6.07) is 32.2. The molecule has 8 heteroatoms. The second-order valence-corrected chi connectivity index (χ2v) is 14.2. The molecule has 0 aliphatic carbocycles. The summed E-state index contributed by atoms with van der Waals surface area (Å²) in [7, 11) is 0. The van der Waals surface area contributed by atoms with Crippen LogP contribution in [0.15, 0.2) is 97.6 Å². The normalized spacial score (nSPS) is 11.7. The fourth-order valence-corrected chi connectivity index (χ4v) is 8.50. The Labute approximate surface area is 326 Å². The van der Waals surface area contributed by atoms with Crippen molar-refractivity contribution in [1.29, 1.82) is 0 Å². The Morgan fingerprint density at radius 3 is 1.91 bits per heavy atom. The molecule has 0 radical (unpaired) electrons. The fraction of sp³-hybridized carbons (Fsp3) is 0.130. The minimum Gasteiger partial charge on any atom is -0.497 e. The molecule has 10 aromatic rings. The Morgan fingerprint density at radius 2 is 1.20 bits per heavy atom. The number of fused-ring (bicyclic) bond motifs is 12. The molecule has 6 aromatic heterocycles. The monoisotopic (exact) mass is 881 g/mol. The summed E-state index contributed by atoms with van der Waals surface area (Å²) in [5.74, 6) is 1.13. The minimum atomic E-state index is 0. The summed E-state index contributed by atoms with van der Waals surface area (Å²) in [6.07, 6.45) is 7.72. The van der Waals surface area contributed by atoms with Crippen molar-refractivity contribution in [3.63, 3.8) is 0 Å². The smallest absolute Gasteiger partial charge is 0.497 e. The Balaban J connectivity index is 0.00000384. The summed E-state index contributed by atoms with van der Waals surface area (Å²) in [4.78, 5) is 19.8. The van der Waals surface area contributed by atoms with Crippen LogP contribution < -0.4 is 4.74 Å². The number of hydrogen-bond acceptors (Lipinski definition) is 5. The maximum absolute atomic E-state index is 6.58. The van der Waals surface area contributed by atoms with E-state index in [0.29, 0.717) is 11.5 Å². The number of aryl methyl sites for hydroxylation is 6. The number of hydrogen-bond donors (Lipinski definition) is 0. The number of ether oxygens (including phenoxy) is 1. The van der Waals surface area contributed by atoms with Crippen LogP contribution in [0, 0.1) is 53.7 Å². The van der Waals surface area contributed by atoms with Crippen LogP contribution in [0.5, 0.6) is 11.5 Å². The first kappa shape index (κ1) is 33.9. The third-order valence-electron chi connectivity index (χ3n) is 10.4. The van der Waals surface area contributed by atoms with Crippen molar-refractivity contribution in [2.45, 2.75) is 41.5 Å². The second kappa shape index (κ2) is 12.6. The maximum atomic E-state index is 6.58. The van der Waals surface area contributed by atoms with Gasteiger partial charge in [0.2, 0.25) is 0 Å². The largest absolute Gasteiger partial charge is 2.00 e. The third kappa shape index (κ3) is 5.13. The Kier molecular flexibility index (Phi) is 7.91. The van der Waals surface area contributed by atoms with E-state index in [1.165, 1.54) is 38.9 Å². The molecule has 0 atom stereocenters. The molecule has 0 saturated heterocycles. The van der Waals surface area contributed by atoms with Gasteiger partial charge in [0.25, 0.3) is 0 Å². The predicted molar refractivity (Wildman–Crippen MR) is 213 cm³/mol. The van der Waals surface area contributed by atoms with E-state index in [-0.39, 0.29) is 21.1 Å². The molecular weight excluding hydrogens is 848 g/mol. The van der Waals surface area contributed by atoms with Crippen molar-refractivity contribution in [1.82, 2.24) is 28.7 Å². The van der Waals surface area contributed by atoms with Gasteiger partial charge in [-0.15, -0.1) is 12.1 Å². The van der Waals surface area contributed by atoms with Crippen LogP contribution in [0.2, 0.25) is 0 Å². The van der Waals surface area contributed by atoms with Crippen LogP contribution in [-0.2, 0) is 21.1 Å². The maximum Gasteiger partial charge on any atom is 2.00 e. The van der Waals surface area contributed by atoms with E-state index >= 15 is 0 Å². The zero-order chi connectivity index (χ0) is 36.1. The molecule has 0 bridgehead atoms. The van der Waals surface area contributed by atoms with Crippen molar-refractivity contribution in [3.8, 4) is 34.0 Å². The van der Waals surface area contributed by atoms with E-state index in [4.69, 9.17) is 24.7 Å². The van der Waals surface area contributed by atoms with Crippen LogP contribution in [0.4, 0.5) is 0 Å². The number of rotatable bonds is 4. The molecule has 6 heterocycles. The van der Waals surface area contributed by atoms with Gasteiger partial charge in [-0.3, -0.25) is 15.0 Å². The number of nitrogens with zero attached hydrogens (tertiary/aromatic N) is 6. The zero-order valence-electron chi connectivity index (χ0n) is 30.6. The van der Waals surface area contributed by atoms with Crippen molar-refractivity contribution < 1.29 is 25.8 Å². The van der Waals surface area contributed by atoms with Gasteiger partial charge in [0.1, 0.15) is 5.65 Å². The molecule has 0 unspecified atom stereocenters. The standard InChI is InChI=1S/C46H34N6O.Pt/c1-25-17-27(3)41(28(4)18-25)38-24-51-44-35(9-7-16-48-44)33-13-11-31(21-36(33)46(51)50-38)53-32-12-14-34-37(22-32)45-49-23-40(42-29(5)19-26(2)20-30(42)6)52(45)39-10-8-15-47-43(34)39;/h7-20,23-24H,1-6H3;/q-2;+2. The van der Waals surface area contributed by atoms with E-state index in [0.717, 1.165) is 71.9 Å². The van der Waals surface area contributed by atoms with E-state index in [9.17, 15) is 0 Å². The molecule has 54 heavy (non-hydrogen) atoms. The molecule has 10 rings (SSSR count). The second-order valence-electron chi connectivity index (χ2n) is 14.2. The molecule has 0 saturated carbocycles. The molecule has 0 amide bonds. The van der Waals surface area contributed by atoms with Crippen molar-refractivity contribution in [2.24, 2.45) is 0 Å². The van der Waals surface area contributed by atoms with Gasteiger partial charge in [0.05, 0.1) is 33.7 Å². The molecule has 0 aliphatic rings. The SMILES string of the molecule is Cc1cc(C)c(-c2cn3c(n2)c2[c-]c(Oc4[c-]c5c(cc4)c4ncccc4n4c(-c6c(C)cc(C)cc6C)cnc54)ccc2c2cccnc23)c(C)c1.[Pt+2]. The topological polar surface area (TPSA) is 69.6 Å². The molecule has 0 aliphatic heterocycles. The van der Waals surface area contributed by atoms with Crippen molar-refractivity contribution >= 4 is 54.9 Å². The number of aromatic nitrogens is 6. The van der Waals surface area contributed by atoms with Gasteiger partial charge >= 0.3 is 21.1 Å². The molecule has 0 N–H and O–H groups in total. The number of imidazole rings is 2. The Morgan fingerprint density at radius 1 is 0.593 bits per heavy atom. The van der Waals surface area contributed by atoms with Crippen LogP contribution >= 0.6 is 0 Å². The Hall–Kier alpha value is -5.91. The van der Waals surface area contributed by atoms with Gasteiger partial charge < -0.3 is 13.5 Å². The predicted octanol–water partition coefficient (Wildman–Crippen LogP) is 11.0. The van der Waals surface area contributed by atoms with E-state index in [2.05, 4.69) is 117 Å². The third-order valence-corrected chi connectivity index (χ3v) is 10.4. The van der Waals surface area contributed by atoms with Crippen LogP contribution in [-0.4, -0.2) is 28.7 Å². The zero-order valence-corrected chi connectivity index (χ0v) is 32.9. The molecule has 264 valence electrons. The number of benzene rings is 4. The first-order chi connectivity index (χ1) is 25.7. The summed E-state index contributed by atoms with van der Waals surface area (Å²) in [5.41, 5.74) is 15.8. The van der Waals surface area contributed by atoms with Crippen LogP contribution in [0.25, 0.3) is 77.4 Å². The first-order valence-electron chi connectivity index (χ1n) is 17.8. The molecular formula is C46H34N6OPt. The van der Waals surface area contributed by atoms with Crippen LogP contribution in [0.3, 0.4) is 0 Å². The summed E-state index contributed by atoms with van der Waals surface area (Å²) in [5, 5.41) is 4.69. The van der Waals surface area contributed by atoms with E-state index < -0.39 is 0 Å². The molecule has 7 nitrogen and oxygen atoms in total. The van der Waals surface area contributed by atoms with Gasteiger partial charge in [-0.05, 0) is 87.4 Å². The molecule has 0 fully saturated rings. The van der Waals surface area contributed by atoms with E-state index in [1.54, 1.807) is 0 Å². The minimum absolute atomic E-state index is 0. The first-order valence-corrected chi connectivity index (χ1v) is 17.8. The Bertz CT molecular complexity index is 3080. The van der Waals surface area contributed by atoms with Gasteiger partial charge in [-0.1, -0.05) is 87.3 Å². The summed E-state index contributed by atoms with van der Waals surface area (Å²) < 4.78 is 10.9. The average Bonchev–Trinajstić information content (AvgIpc) is 3.77. The quantitative estimate of drug-likeness (QED) is 0.130. The van der Waals surface area contributed by atoms with Crippen molar-refractivity contribution in [3.05, 3.63) is 143 Å². The molecule has 0 spiro atoms. The molecule has 4 aromatic carbocycles. The fourth-order valence-electron chi connectivity index (χ4n) is 8.50. The summed E-state index contributed by atoms with van der Waals surface area (Å²) in [6.45, 7) is 12.9. The average molecular weight is 882 g/mol. The number of pyridine rings is 4. The van der Waals surface area contributed by atoms with Crippen LogP contribution in [0.1, 0.15) is 33.4 Å². The summed E-state index contributed by atoms with van der Waals surface area (Å²) >= 11 is 0. The van der Waals surface area contributed by atoms with E-state index in [1.807, 2.05) is 42.9 Å². The van der Waals surface area contributed by atoms with Gasteiger partial charge in [0.15, 0.2) is 0 Å². The van der Waals surface area contributed by atoms with Gasteiger partial charge in [-0.2, -0.15) is 0 Å². The van der Waals surface area contributed by atoms with Gasteiger partial charge in [-0.25, -0.2) is 4.98 Å².